The lowest BCUT2D eigenvalue weighted by Gasteiger charge is -2.32. The van der Waals surface area contributed by atoms with Gasteiger partial charge in [0, 0.05) is 20.0 Å². The maximum absolute atomic E-state index is 13.7. The van der Waals surface area contributed by atoms with E-state index in [0.29, 0.717) is 4.31 Å². The molecule has 36 heavy (non-hydrogen) atoms. The minimum absolute atomic E-state index is 0.0303. The zero-order valence-corrected chi connectivity index (χ0v) is 20.9. The number of likely N-dealkylation sites (N-methyl/N-ethyl adjacent to an activating group) is 1. The third kappa shape index (κ3) is 5.01. The van der Waals surface area contributed by atoms with Gasteiger partial charge in [0.15, 0.2) is 0 Å². The van der Waals surface area contributed by atoms with Gasteiger partial charge in [0.25, 0.3) is 15.9 Å². The first kappa shape index (κ1) is 25.1. The molecule has 1 N–H and O–H groups in total. The number of carbonyl (C=O) groups is 3. The van der Waals surface area contributed by atoms with Crippen LogP contribution in [0.2, 0.25) is 0 Å². The van der Waals surface area contributed by atoms with Gasteiger partial charge in [-0.25, -0.2) is 12.7 Å². The van der Waals surface area contributed by atoms with Gasteiger partial charge in [-0.1, -0.05) is 72.3 Å². The van der Waals surface area contributed by atoms with E-state index in [4.69, 9.17) is 0 Å². The molecule has 0 aromatic heterocycles. The van der Waals surface area contributed by atoms with Crippen molar-refractivity contribution in [2.45, 2.75) is 30.8 Å². The first-order chi connectivity index (χ1) is 17.2. The van der Waals surface area contributed by atoms with Gasteiger partial charge >= 0.3 is 0 Å². The molecular formula is C27H27N3O5S. The van der Waals surface area contributed by atoms with Gasteiger partial charge in [-0.15, -0.1) is 0 Å². The summed E-state index contributed by atoms with van der Waals surface area (Å²) in [6.07, 6.45) is 0.221. The van der Waals surface area contributed by atoms with Crippen molar-refractivity contribution in [3.05, 3.63) is 101 Å². The van der Waals surface area contributed by atoms with Crippen LogP contribution >= 0.6 is 0 Å². The summed E-state index contributed by atoms with van der Waals surface area (Å²) >= 11 is 0. The lowest BCUT2D eigenvalue weighted by Crippen LogP contribution is -2.52. The topological polar surface area (TPSA) is 104 Å². The molecule has 4 rings (SSSR count). The predicted octanol–water partition coefficient (Wildman–Crippen LogP) is 2.53. The number of sulfonamides is 1. The zero-order chi connectivity index (χ0) is 25.9. The molecule has 3 aromatic carbocycles. The van der Waals surface area contributed by atoms with Crippen LogP contribution in [0.3, 0.4) is 0 Å². The second-order valence-corrected chi connectivity index (χ2v) is 10.5. The number of benzene rings is 3. The molecule has 1 unspecified atom stereocenters. The van der Waals surface area contributed by atoms with Crippen LogP contribution in [0.25, 0.3) is 0 Å². The van der Waals surface area contributed by atoms with Gasteiger partial charge in [0.1, 0.15) is 17.5 Å². The summed E-state index contributed by atoms with van der Waals surface area (Å²) in [5, 5.41) is 2.62. The van der Waals surface area contributed by atoms with Crippen molar-refractivity contribution >= 4 is 27.7 Å². The van der Waals surface area contributed by atoms with Crippen LogP contribution < -0.4 is 5.32 Å². The van der Waals surface area contributed by atoms with Gasteiger partial charge in [-0.3, -0.25) is 14.4 Å². The van der Waals surface area contributed by atoms with Gasteiger partial charge in [-0.2, -0.15) is 0 Å². The van der Waals surface area contributed by atoms with Gasteiger partial charge in [-0.05, 0) is 30.2 Å². The molecule has 1 aliphatic rings. The van der Waals surface area contributed by atoms with E-state index in [0.717, 1.165) is 16.7 Å². The molecule has 1 atom stereocenters. The number of amides is 3. The number of nitrogens with one attached hydrogen (secondary N) is 1. The third-order valence-electron chi connectivity index (χ3n) is 6.14. The number of aryl methyl sites for hydroxylation is 1. The Morgan fingerprint density at radius 1 is 0.944 bits per heavy atom. The van der Waals surface area contributed by atoms with Crippen LogP contribution in [0.4, 0.5) is 0 Å². The monoisotopic (exact) mass is 505 g/mol. The zero-order valence-electron chi connectivity index (χ0n) is 20.0. The van der Waals surface area contributed by atoms with E-state index in [9.17, 15) is 22.8 Å². The normalized spacial score (nSPS) is 14.7. The summed E-state index contributed by atoms with van der Waals surface area (Å²) in [6.45, 7) is 1.28. The number of hydrogen-bond donors (Lipinski definition) is 1. The Morgan fingerprint density at radius 3 is 2.28 bits per heavy atom. The fraction of sp³-hybridized carbons (Fsp3) is 0.222. The Balaban J connectivity index is 1.70. The molecule has 0 radical (unpaired) electrons. The highest BCUT2D eigenvalue weighted by Gasteiger charge is 2.43. The highest BCUT2D eigenvalue weighted by Crippen LogP contribution is 2.30. The van der Waals surface area contributed by atoms with E-state index in [1.807, 2.05) is 61.5 Å². The number of carbonyl (C=O) groups excluding carboxylic acids is 3. The van der Waals surface area contributed by atoms with E-state index in [2.05, 4.69) is 5.32 Å². The van der Waals surface area contributed by atoms with E-state index in [1.54, 1.807) is 6.07 Å². The summed E-state index contributed by atoms with van der Waals surface area (Å²) in [7, 11) is -2.69. The van der Waals surface area contributed by atoms with Crippen LogP contribution in [-0.2, 0) is 32.6 Å². The van der Waals surface area contributed by atoms with Crippen molar-refractivity contribution in [2.75, 3.05) is 13.6 Å². The molecule has 1 heterocycles. The fourth-order valence-corrected chi connectivity index (χ4v) is 5.85. The number of hydrogen-bond acceptors (Lipinski definition) is 5. The molecule has 0 fully saturated rings. The van der Waals surface area contributed by atoms with Crippen molar-refractivity contribution in [3.8, 4) is 0 Å². The molecule has 8 nitrogen and oxygen atoms in total. The van der Waals surface area contributed by atoms with Crippen molar-refractivity contribution in [2.24, 2.45) is 0 Å². The Bertz CT molecular complexity index is 1410. The summed E-state index contributed by atoms with van der Waals surface area (Å²) in [6, 6.07) is 21.7. The van der Waals surface area contributed by atoms with E-state index in [-0.39, 0.29) is 23.4 Å². The summed E-state index contributed by atoms with van der Waals surface area (Å²) in [5.41, 5.74) is 2.63. The Hall–Kier alpha value is -3.98. The quantitative estimate of drug-likeness (QED) is 0.507. The lowest BCUT2D eigenvalue weighted by molar-refractivity contribution is -0.140. The number of fused-ring (bicyclic) bond motifs is 1. The largest absolute Gasteiger partial charge is 0.357 e. The second kappa shape index (κ2) is 10.3. The van der Waals surface area contributed by atoms with Gasteiger partial charge < -0.3 is 10.2 Å². The maximum Gasteiger partial charge on any atom is 0.269 e. The van der Waals surface area contributed by atoms with Crippen LogP contribution in [0.5, 0.6) is 0 Å². The van der Waals surface area contributed by atoms with Gasteiger partial charge in [0.2, 0.25) is 11.8 Å². The summed E-state index contributed by atoms with van der Waals surface area (Å²) in [5.74, 6) is -1.79. The van der Waals surface area contributed by atoms with Crippen LogP contribution in [0, 0.1) is 6.92 Å². The van der Waals surface area contributed by atoms with Crippen LogP contribution in [0.15, 0.2) is 83.8 Å². The summed E-state index contributed by atoms with van der Waals surface area (Å²) in [4.78, 5) is 40.9. The van der Waals surface area contributed by atoms with Crippen molar-refractivity contribution in [1.82, 2.24) is 14.5 Å². The lowest BCUT2D eigenvalue weighted by atomic mass is 10.0. The molecule has 0 spiro atoms. The Labute approximate surface area is 210 Å². The van der Waals surface area contributed by atoms with Crippen molar-refractivity contribution in [3.63, 3.8) is 0 Å². The predicted molar refractivity (Wildman–Crippen MR) is 134 cm³/mol. The first-order valence-corrected chi connectivity index (χ1v) is 12.9. The highest BCUT2D eigenvalue weighted by molar-refractivity contribution is 7.90. The fourth-order valence-electron chi connectivity index (χ4n) is 4.33. The minimum atomic E-state index is -4.18. The molecule has 0 saturated heterocycles. The smallest absolute Gasteiger partial charge is 0.269 e. The Kier molecular flexibility index (Phi) is 7.21. The number of rotatable bonds is 8. The second-order valence-electron chi connectivity index (χ2n) is 8.64. The Morgan fingerprint density at radius 2 is 1.61 bits per heavy atom. The average Bonchev–Trinajstić information content (AvgIpc) is 3.07. The van der Waals surface area contributed by atoms with Crippen LogP contribution in [-0.4, -0.2) is 55.0 Å². The molecule has 0 aliphatic carbocycles. The third-order valence-corrected chi connectivity index (χ3v) is 7.93. The molecule has 3 amide bonds. The van der Waals surface area contributed by atoms with Crippen LogP contribution in [0.1, 0.15) is 27.0 Å². The molecular weight excluding hydrogens is 478 g/mol. The molecule has 0 bridgehead atoms. The average molecular weight is 506 g/mol. The van der Waals surface area contributed by atoms with E-state index >= 15 is 0 Å². The van der Waals surface area contributed by atoms with Gasteiger partial charge in [0.05, 0.1) is 5.56 Å². The molecule has 3 aromatic rings. The van der Waals surface area contributed by atoms with Crippen molar-refractivity contribution in [1.29, 1.82) is 0 Å². The van der Waals surface area contributed by atoms with E-state index in [1.165, 1.54) is 30.1 Å². The van der Waals surface area contributed by atoms with E-state index < -0.39 is 40.3 Å². The standard InChI is InChI=1S/C27H27N3O5S/c1-19-9-8-12-21(15-19)17-29(23(26(32)28-2)16-20-10-4-3-5-11-20)25(31)18-30-27(33)22-13-6-7-14-24(22)36(30,34)35/h3-15,23H,16-18H2,1-2H3,(H,28,32). The molecule has 0 saturated carbocycles. The minimum Gasteiger partial charge on any atom is -0.357 e. The first-order valence-electron chi connectivity index (χ1n) is 11.5. The van der Waals surface area contributed by atoms with Crippen molar-refractivity contribution < 1.29 is 22.8 Å². The maximum atomic E-state index is 13.7. The molecule has 1 aliphatic heterocycles. The highest BCUT2D eigenvalue weighted by atomic mass is 32.2. The number of nitrogens with zero attached hydrogens (tertiary/aromatic N) is 2. The molecule has 9 heteroatoms. The summed E-state index contributed by atoms with van der Waals surface area (Å²) < 4.78 is 26.7. The SMILES string of the molecule is CNC(=O)C(Cc1ccccc1)N(Cc1cccc(C)c1)C(=O)CN1C(=O)c2ccccc2S1(=O)=O. The molecule has 186 valence electrons.